The van der Waals surface area contributed by atoms with E-state index in [9.17, 15) is 0 Å². The maximum Gasteiger partial charge on any atom is 0.247 e. The van der Waals surface area contributed by atoms with Crippen LogP contribution >= 0.6 is 0 Å². The summed E-state index contributed by atoms with van der Waals surface area (Å²) in [7, 11) is 0. The van der Waals surface area contributed by atoms with Gasteiger partial charge in [-0.05, 0) is 61.3 Å². The van der Waals surface area contributed by atoms with Crippen molar-refractivity contribution in [3.8, 4) is 11.5 Å². The minimum absolute atomic E-state index is 0.448. The van der Waals surface area contributed by atoms with Crippen LogP contribution < -0.4 is 5.32 Å². The third-order valence-corrected chi connectivity index (χ3v) is 6.40. The molecule has 2 aromatic heterocycles. The van der Waals surface area contributed by atoms with Crippen molar-refractivity contribution in [3.63, 3.8) is 0 Å². The molecule has 0 bridgehead atoms. The SMILES string of the molecule is CC1=CC(CNCc2ccccn2)C(C(C)C)CC1Cc1nnc(-c2ccccc2)o1. The Balaban J connectivity index is 1.40. The van der Waals surface area contributed by atoms with Crippen LogP contribution in [0.25, 0.3) is 11.5 Å². The molecule has 0 radical (unpaired) electrons. The lowest BCUT2D eigenvalue weighted by Crippen LogP contribution is -2.34. The van der Waals surface area contributed by atoms with Gasteiger partial charge in [0.25, 0.3) is 0 Å². The van der Waals surface area contributed by atoms with Crippen LogP contribution in [0.15, 0.2) is 70.8 Å². The van der Waals surface area contributed by atoms with Crippen molar-refractivity contribution in [1.29, 1.82) is 0 Å². The summed E-state index contributed by atoms with van der Waals surface area (Å²) >= 11 is 0. The van der Waals surface area contributed by atoms with E-state index in [2.05, 4.69) is 53.4 Å². The molecule has 2 heterocycles. The van der Waals surface area contributed by atoms with Crippen molar-refractivity contribution in [2.45, 2.75) is 40.2 Å². The molecule has 0 saturated carbocycles. The minimum atomic E-state index is 0.448. The lowest BCUT2D eigenvalue weighted by Gasteiger charge is -2.37. The van der Waals surface area contributed by atoms with E-state index in [1.54, 1.807) is 0 Å². The monoisotopic (exact) mass is 416 g/mol. The van der Waals surface area contributed by atoms with Crippen LogP contribution in [0.4, 0.5) is 0 Å². The number of allylic oxidation sites excluding steroid dienone is 1. The second-order valence-corrected chi connectivity index (χ2v) is 8.94. The van der Waals surface area contributed by atoms with Crippen LogP contribution in [0.1, 0.15) is 38.8 Å². The molecule has 3 aromatic rings. The van der Waals surface area contributed by atoms with Crippen molar-refractivity contribution in [3.05, 3.63) is 78.0 Å². The summed E-state index contributed by atoms with van der Waals surface area (Å²) in [6, 6.07) is 16.0. The van der Waals surface area contributed by atoms with E-state index in [1.807, 2.05) is 48.7 Å². The Bertz CT molecular complexity index is 981. The first kappa shape index (κ1) is 21.4. The van der Waals surface area contributed by atoms with Gasteiger partial charge in [-0.3, -0.25) is 4.98 Å². The second kappa shape index (κ2) is 10.0. The van der Waals surface area contributed by atoms with E-state index in [-0.39, 0.29) is 0 Å². The molecular formula is C26H32N4O. The Morgan fingerprint density at radius 1 is 1.06 bits per heavy atom. The van der Waals surface area contributed by atoms with Gasteiger partial charge in [-0.15, -0.1) is 10.2 Å². The summed E-state index contributed by atoms with van der Waals surface area (Å²) in [6.45, 7) is 8.71. The highest BCUT2D eigenvalue weighted by Gasteiger charge is 2.32. The average molecular weight is 417 g/mol. The lowest BCUT2D eigenvalue weighted by atomic mass is 9.70. The van der Waals surface area contributed by atoms with Crippen LogP contribution in [-0.4, -0.2) is 21.7 Å². The van der Waals surface area contributed by atoms with E-state index in [1.165, 1.54) is 5.57 Å². The predicted molar refractivity (Wildman–Crippen MR) is 123 cm³/mol. The quantitative estimate of drug-likeness (QED) is 0.504. The average Bonchev–Trinajstić information content (AvgIpc) is 3.25. The molecule has 0 saturated heterocycles. The molecule has 0 aliphatic heterocycles. The van der Waals surface area contributed by atoms with Gasteiger partial charge in [0.1, 0.15) is 0 Å². The number of rotatable bonds is 8. The Morgan fingerprint density at radius 2 is 1.87 bits per heavy atom. The van der Waals surface area contributed by atoms with Gasteiger partial charge in [0, 0.05) is 31.3 Å². The Hall–Kier alpha value is -2.79. The highest BCUT2D eigenvalue weighted by molar-refractivity contribution is 5.51. The smallest absolute Gasteiger partial charge is 0.247 e. The molecule has 1 N–H and O–H groups in total. The molecule has 31 heavy (non-hydrogen) atoms. The van der Waals surface area contributed by atoms with Crippen molar-refractivity contribution >= 4 is 0 Å². The maximum atomic E-state index is 5.99. The normalized spacial score (nSPS) is 21.3. The third-order valence-electron chi connectivity index (χ3n) is 6.40. The number of hydrogen-bond acceptors (Lipinski definition) is 5. The van der Waals surface area contributed by atoms with E-state index >= 15 is 0 Å². The molecule has 0 amide bonds. The van der Waals surface area contributed by atoms with Gasteiger partial charge >= 0.3 is 0 Å². The minimum Gasteiger partial charge on any atom is -0.421 e. The Labute approximate surface area is 185 Å². The fourth-order valence-corrected chi connectivity index (χ4v) is 4.62. The lowest BCUT2D eigenvalue weighted by molar-refractivity contribution is 0.218. The summed E-state index contributed by atoms with van der Waals surface area (Å²) < 4.78 is 5.99. The zero-order valence-electron chi connectivity index (χ0n) is 18.7. The molecule has 3 atom stereocenters. The summed E-state index contributed by atoms with van der Waals surface area (Å²) in [4.78, 5) is 4.41. The fourth-order valence-electron chi connectivity index (χ4n) is 4.62. The fraction of sp³-hybridized carbons (Fsp3) is 0.423. The zero-order valence-corrected chi connectivity index (χ0v) is 18.7. The van der Waals surface area contributed by atoms with Crippen molar-refractivity contribution < 1.29 is 4.42 Å². The summed E-state index contributed by atoms with van der Waals surface area (Å²) in [5.74, 6) is 3.56. The van der Waals surface area contributed by atoms with Gasteiger partial charge in [-0.25, -0.2) is 0 Å². The first-order valence-corrected chi connectivity index (χ1v) is 11.3. The molecule has 5 nitrogen and oxygen atoms in total. The first-order chi connectivity index (χ1) is 15.1. The molecule has 4 rings (SSSR count). The van der Waals surface area contributed by atoms with Gasteiger partial charge < -0.3 is 9.73 Å². The molecule has 1 aromatic carbocycles. The number of aromatic nitrogens is 3. The molecule has 162 valence electrons. The third kappa shape index (κ3) is 5.47. The van der Waals surface area contributed by atoms with Crippen molar-refractivity contribution in [2.75, 3.05) is 6.54 Å². The second-order valence-electron chi connectivity index (χ2n) is 8.94. The van der Waals surface area contributed by atoms with Gasteiger partial charge in [0.2, 0.25) is 11.8 Å². The summed E-state index contributed by atoms with van der Waals surface area (Å²) in [5, 5.41) is 12.2. The van der Waals surface area contributed by atoms with Gasteiger partial charge in [-0.2, -0.15) is 0 Å². The molecule has 1 aliphatic rings. The summed E-state index contributed by atoms with van der Waals surface area (Å²) in [5.41, 5.74) is 3.49. The molecule has 3 unspecified atom stereocenters. The van der Waals surface area contributed by atoms with Crippen LogP contribution in [-0.2, 0) is 13.0 Å². The maximum absolute atomic E-state index is 5.99. The number of benzene rings is 1. The standard InChI is InChI=1S/C26H32N4O/c1-18(2)24-14-21(15-25-29-30-26(31-25)20-9-5-4-6-10-20)19(3)13-22(24)16-27-17-23-11-7-8-12-28-23/h4-13,18,21-22,24,27H,14-17H2,1-3H3. The molecule has 1 aliphatic carbocycles. The van der Waals surface area contributed by atoms with Gasteiger partial charge in [0.15, 0.2) is 0 Å². The first-order valence-electron chi connectivity index (χ1n) is 11.3. The molecular weight excluding hydrogens is 384 g/mol. The van der Waals surface area contributed by atoms with Crippen LogP contribution in [0, 0.1) is 23.7 Å². The largest absolute Gasteiger partial charge is 0.421 e. The van der Waals surface area contributed by atoms with E-state index in [4.69, 9.17) is 4.42 Å². The molecule has 0 fully saturated rings. The highest BCUT2D eigenvalue weighted by atomic mass is 16.4. The van der Waals surface area contributed by atoms with Crippen LogP contribution in [0.5, 0.6) is 0 Å². The van der Waals surface area contributed by atoms with E-state index in [0.29, 0.717) is 29.6 Å². The van der Waals surface area contributed by atoms with Crippen molar-refractivity contribution in [2.24, 2.45) is 23.7 Å². The Kier molecular flexibility index (Phi) is 6.92. The zero-order chi connectivity index (χ0) is 21.6. The Morgan fingerprint density at radius 3 is 2.61 bits per heavy atom. The summed E-state index contributed by atoms with van der Waals surface area (Å²) in [6.07, 6.45) is 6.28. The van der Waals surface area contributed by atoms with E-state index in [0.717, 1.165) is 43.1 Å². The van der Waals surface area contributed by atoms with Crippen LogP contribution in [0.3, 0.4) is 0 Å². The predicted octanol–water partition coefficient (Wildman–Crippen LogP) is 5.32. The number of nitrogens with zero attached hydrogens (tertiary/aromatic N) is 3. The van der Waals surface area contributed by atoms with Crippen molar-refractivity contribution in [1.82, 2.24) is 20.5 Å². The number of hydrogen-bond donors (Lipinski definition) is 1. The van der Waals surface area contributed by atoms with Crippen LogP contribution in [0.2, 0.25) is 0 Å². The van der Waals surface area contributed by atoms with Gasteiger partial charge in [-0.1, -0.05) is 49.8 Å². The molecule has 5 heteroatoms. The van der Waals surface area contributed by atoms with Gasteiger partial charge in [0.05, 0.1) is 5.69 Å². The van der Waals surface area contributed by atoms with E-state index < -0.39 is 0 Å². The molecule has 0 spiro atoms. The number of pyridine rings is 1. The number of nitrogens with one attached hydrogen (secondary N) is 1. The topological polar surface area (TPSA) is 63.8 Å². The highest BCUT2D eigenvalue weighted by Crippen LogP contribution is 2.38.